The van der Waals surface area contributed by atoms with Crippen LogP contribution in [-0.4, -0.2) is 35.8 Å². The van der Waals surface area contributed by atoms with E-state index in [2.05, 4.69) is 4.90 Å². The molecule has 1 aromatic carbocycles. The SMILES string of the molecule is CCOC(=O)C1C2CCC1CN(c1nc(-c3cc(Cl)ccc3O)cs1)C2. The molecular formula is C19H21ClN2O3S. The molecule has 4 rings (SSSR count). The molecule has 2 bridgehead atoms. The molecule has 1 aromatic heterocycles. The summed E-state index contributed by atoms with van der Waals surface area (Å²) < 4.78 is 5.28. The van der Waals surface area contributed by atoms with Crippen molar-refractivity contribution in [2.75, 3.05) is 24.6 Å². The van der Waals surface area contributed by atoms with Gasteiger partial charge < -0.3 is 14.7 Å². The number of rotatable bonds is 4. The fraction of sp³-hybridized carbons (Fsp3) is 0.474. The van der Waals surface area contributed by atoms with Crippen LogP contribution in [0.15, 0.2) is 23.6 Å². The maximum absolute atomic E-state index is 12.3. The Morgan fingerprint density at radius 1 is 1.38 bits per heavy atom. The summed E-state index contributed by atoms with van der Waals surface area (Å²) in [6, 6.07) is 4.97. The average molecular weight is 393 g/mol. The van der Waals surface area contributed by atoms with Crippen molar-refractivity contribution in [1.82, 2.24) is 4.98 Å². The summed E-state index contributed by atoms with van der Waals surface area (Å²) in [4.78, 5) is 19.3. The molecule has 1 saturated carbocycles. The molecule has 2 atom stereocenters. The number of hydrogen-bond acceptors (Lipinski definition) is 6. The normalized spacial score (nSPS) is 24.7. The van der Waals surface area contributed by atoms with Crippen molar-refractivity contribution in [3.05, 3.63) is 28.6 Å². The van der Waals surface area contributed by atoms with E-state index in [1.165, 1.54) is 0 Å². The van der Waals surface area contributed by atoms with Crippen molar-refractivity contribution in [3.8, 4) is 17.0 Å². The van der Waals surface area contributed by atoms with Gasteiger partial charge in [-0.05, 0) is 49.8 Å². The van der Waals surface area contributed by atoms with Crippen LogP contribution in [0.25, 0.3) is 11.3 Å². The average Bonchev–Trinajstić information content (AvgIpc) is 3.20. The Bertz CT molecular complexity index is 811. The Morgan fingerprint density at radius 3 is 2.81 bits per heavy atom. The first-order valence-corrected chi connectivity index (χ1v) is 10.2. The highest BCUT2D eigenvalue weighted by atomic mass is 35.5. The van der Waals surface area contributed by atoms with Gasteiger partial charge in [0.2, 0.25) is 0 Å². The minimum absolute atomic E-state index is 0.0302. The highest BCUT2D eigenvalue weighted by molar-refractivity contribution is 7.14. The summed E-state index contributed by atoms with van der Waals surface area (Å²) in [6.45, 7) is 3.96. The van der Waals surface area contributed by atoms with E-state index in [4.69, 9.17) is 21.3 Å². The molecular weight excluding hydrogens is 372 g/mol. The molecule has 26 heavy (non-hydrogen) atoms. The number of phenolic OH excluding ortho intramolecular Hbond substituents is 1. The van der Waals surface area contributed by atoms with Crippen molar-refractivity contribution in [2.24, 2.45) is 17.8 Å². The highest BCUT2D eigenvalue weighted by Crippen LogP contribution is 2.45. The number of aromatic nitrogens is 1. The van der Waals surface area contributed by atoms with Crippen LogP contribution in [-0.2, 0) is 9.53 Å². The predicted octanol–water partition coefficient (Wildman–Crippen LogP) is 4.19. The number of carbonyl (C=O) groups excluding carboxylic acids is 1. The van der Waals surface area contributed by atoms with Gasteiger partial charge in [0.25, 0.3) is 0 Å². The summed E-state index contributed by atoms with van der Waals surface area (Å²) in [7, 11) is 0. The monoisotopic (exact) mass is 392 g/mol. The van der Waals surface area contributed by atoms with Gasteiger partial charge in [0, 0.05) is 29.1 Å². The standard InChI is InChI=1S/C19H21ClN2O3S/c1-2-25-18(24)17-11-3-4-12(17)9-22(8-11)19-21-15(10-26-19)14-7-13(20)5-6-16(14)23/h5-7,10-12,17,23H,2-4,8-9H2,1H3. The van der Waals surface area contributed by atoms with Gasteiger partial charge in [0.15, 0.2) is 5.13 Å². The minimum atomic E-state index is -0.0386. The Balaban J connectivity index is 1.53. The lowest BCUT2D eigenvalue weighted by Gasteiger charge is -2.36. The van der Waals surface area contributed by atoms with Gasteiger partial charge in [-0.1, -0.05) is 11.6 Å². The van der Waals surface area contributed by atoms with Gasteiger partial charge in [-0.2, -0.15) is 0 Å². The number of benzene rings is 1. The molecule has 1 saturated heterocycles. The number of esters is 1. The fourth-order valence-electron chi connectivity index (χ4n) is 4.25. The van der Waals surface area contributed by atoms with Gasteiger partial charge in [-0.15, -0.1) is 11.3 Å². The molecule has 2 unspecified atom stereocenters. The number of phenols is 1. The van der Waals surface area contributed by atoms with Crippen molar-refractivity contribution < 1.29 is 14.6 Å². The van der Waals surface area contributed by atoms with E-state index in [0.29, 0.717) is 29.0 Å². The molecule has 0 radical (unpaired) electrons. The van der Waals surface area contributed by atoms with Gasteiger partial charge in [-0.25, -0.2) is 4.98 Å². The smallest absolute Gasteiger partial charge is 0.309 e. The maximum Gasteiger partial charge on any atom is 0.309 e. The number of nitrogens with zero attached hydrogens (tertiary/aromatic N) is 2. The zero-order valence-corrected chi connectivity index (χ0v) is 16.1. The van der Waals surface area contributed by atoms with Gasteiger partial charge in [0.1, 0.15) is 5.75 Å². The van der Waals surface area contributed by atoms with E-state index < -0.39 is 0 Å². The third-order valence-electron chi connectivity index (χ3n) is 5.39. The second-order valence-corrected chi connectivity index (χ2v) is 8.23. The predicted molar refractivity (Wildman–Crippen MR) is 103 cm³/mol. The van der Waals surface area contributed by atoms with Crippen LogP contribution in [0.3, 0.4) is 0 Å². The number of halogens is 1. The van der Waals surface area contributed by atoms with Crippen LogP contribution in [0, 0.1) is 17.8 Å². The van der Waals surface area contributed by atoms with Crippen molar-refractivity contribution >= 4 is 34.0 Å². The van der Waals surface area contributed by atoms with E-state index in [-0.39, 0.29) is 17.6 Å². The maximum atomic E-state index is 12.3. The Kier molecular flexibility index (Phi) is 4.80. The zero-order chi connectivity index (χ0) is 18.3. The lowest BCUT2D eigenvalue weighted by molar-refractivity contribution is -0.151. The highest BCUT2D eigenvalue weighted by Gasteiger charge is 2.47. The number of thiazole rings is 1. The van der Waals surface area contributed by atoms with Crippen LogP contribution in [0.4, 0.5) is 5.13 Å². The summed E-state index contributed by atoms with van der Waals surface area (Å²) in [6.07, 6.45) is 2.13. The van der Waals surface area contributed by atoms with Gasteiger partial charge in [-0.3, -0.25) is 4.79 Å². The molecule has 2 fully saturated rings. The molecule has 2 aromatic rings. The third-order valence-corrected chi connectivity index (χ3v) is 6.53. The van der Waals surface area contributed by atoms with Crippen LogP contribution in [0.1, 0.15) is 19.8 Å². The molecule has 0 spiro atoms. The molecule has 0 amide bonds. The molecule has 1 aliphatic heterocycles. The first-order chi connectivity index (χ1) is 12.6. The summed E-state index contributed by atoms with van der Waals surface area (Å²) >= 11 is 7.61. The zero-order valence-electron chi connectivity index (χ0n) is 14.5. The summed E-state index contributed by atoms with van der Waals surface area (Å²) in [5.41, 5.74) is 1.37. The third kappa shape index (κ3) is 3.16. The fourth-order valence-corrected chi connectivity index (χ4v) is 5.27. The van der Waals surface area contributed by atoms with Crippen molar-refractivity contribution in [2.45, 2.75) is 19.8 Å². The number of carbonyl (C=O) groups is 1. The minimum Gasteiger partial charge on any atom is -0.507 e. The first kappa shape index (κ1) is 17.6. The molecule has 5 nitrogen and oxygen atoms in total. The number of ether oxygens (including phenoxy) is 1. The Morgan fingerprint density at radius 2 is 2.12 bits per heavy atom. The van der Waals surface area contributed by atoms with E-state index in [0.717, 1.165) is 36.8 Å². The lowest BCUT2D eigenvalue weighted by Crippen LogP contribution is -2.45. The summed E-state index contributed by atoms with van der Waals surface area (Å²) in [5.74, 6) is 0.831. The summed E-state index contributed by atoms with van der Waals surface area (Å²) in [5, 5.41) is 13.5. The Hall–Kier alpha value is -1.79. The van der Waals surface area contributed by atoms with Crippen LogP contribution >= 0.6 is 22.9 Å². The molecule has 2 heterocycles. The number of aromatic hydroxyl groups is 1. The topological polar surface area (TPSA) is 62.7 Å². The largest absolute Gasteiger partial charge is 0.507 e. The van der Waals surface area contributed by atoms with Crippen LogP contribution < -0.4 is 4.90 Å². The second-order valence-electron chi connectivity index (χ2n) is 6.96. The number of fused-ring (bicyclic) bond motifs is 2. The quantitative estimate of drug-likeness (QED) is 0.790. The lowest BCUT2D eigenvalue weighted by atomic mass is 9.85. The van der Waals surface area contributed by atoms with Crippen LogP contribution in [0.2, 0.25) is 5.02 Å². The van der Waals surface area contributed by atoms with E-state index in [1.807, 2.05) is 12.3 Å². The van der Waals surface area contributed by atoms with E-state index >= 15 is 0 Å². The van der Waals surface area contributed by atoms with Gasteiger partial charge >= 0.3 is 5.97 Å². The molecule has 7 heteroatoms. The van der Waals surface area contributed by atoms with E-state index in [1.54, 1.807) is 29.5 Å². The molecule has 138 valence electrons. The molecule has 1 aliphatic carbocycles. The number of piperidine rings is 1. The van der Waals surface area contributed by atoms with Crippen molar-refractivity contribution in [3.63, 3.8) is 0 Å². The first-order valence-electron chi connectivity index (χ1n) is 8.92. The number of anilines is 1. The number of hydrogen-bond donors (Lipinski definition) is 1. The van der Waals surface area contributed by atoms with E-state index in [9.17, 15) is 9.90 Å². The second kappa shape index (κ2) is 7.08. The molecule has 2 aliphatic rings. The van der Waals surface area contributed by atoms with Gasteiger partial charge in [0.05, 0.1) is 18.2 Å². The van der Waals surface area contributed by atoms with Crippen LogP contribution in [0.5, 0.6) is 5.75 Å². The molecule has 1 N–H and O–H groups in total. The Labute approximate surface area is 161 Å². The van der Waals surface area contributed by atoms with Crippen molar-refractivity contribution in [1.29, 1.82) is 0 Å².